The van der Waals surface area contributed by atoms with Crippen LogP contribution in [0.3, 0.4) is 0 Å². The Bertz CT molecular complexity index is 587. The van der Waals surface area contributed by atoms with Crippen LogP contribution in [0.4, 0.5) is 0 Å². The molecule has 2 aromatic rings. The predicted octanol–water partition coefficient (Wildman–Crippen LogP) is 3.09. The highest BCUT2D eigenvalue weighted by atomic mass is 16.5. The molecule has 0 aliphatic carbocycles. The maximum atomic E-state index is 5.69. The first kappa shape index (κ1) is 15.3. The molecule has 2 rings (SSSR count). The zero-order valence-electron chi connectivity index (χ0n) is 12.7. The number of benzene rings is 1. The van der Waals surface area contributed by atoms with Gasteiger partial charge >= 0.3 is 6.01 Å². The van der Waals surface area contributed by atoms with Gasteiger partial charge in [0.25, 0.3) is 0 Å². The number of aromatic nitrogens is 2. The summed E-state index contributed by atoms with van der Waals surface area (Å²) in [6, 6.07) is 7.77. The topological polar surface area (TPSA) is 56.3 Å². The second kappa shape index (κ2) is 7.59. The average molecular weight is 287 g/mol. The predicted molar refractivity (Wildman–Crippen MR) is 81.8 cm³/mol. The SMILES string of the molecule is CCCNCc1cnc(Oc2ccccc2OC)nc1C. The van der Waals surface area contributed by atoms with E-state index < -0.39 is 0 Å². The van der Waals surface area contributed by atoms with E-state index >= 15 is 0 Å². The second-order valence-corrected chi connectivity index (χ2v) is 4.69. The van der Waals surface area contributed by atoms with Gasteiger partial charge in [-0.05, 0) is 32.0 Å². The largest absolute Gasteiger partial charge is 0.493 e. The van der Waals surface area contributed by atoms with Crippen molar-refractivity contribution in [3.05, 3.63) is 41.7 Å². The molecule has 0 aliphatic heterocycles. The fourth-order valence-corrected chi connectivity index (χ4v) is 1.89. The van der Waals surface area contributed by atoms with E-state index in [0.717, 1.165) is 30.8 Å². The van der Waals surface area contributed by atoms with E-state index in [1.54, 1.807) is 13.3 Å². The summed E-state index contributed by atoms with van der Waals surface area (Å²) in [5.41, 5.74) is 1.99. The van der Waals surface area contributed by atoms with E-state index in [9.17, 15) is 0 Å². The van der Waals surface area contributed by atoms with Crippen molar-refractivity contribution in [3.63, 3.8) is 0 Å². The zero-order chi connectivity index (χ0) is 15.1. The summed E-state index contributed by atoms with van der Waals surface area (Å²) in [6.45, 7) is 5.85. The van der Waals surface area contributed by atoms with E-state index in [2.05, 4.69) is 22.2 Å². The number of aryl methyl sites for hydroxylation is 1. The van der Waals surface area contributed by atoms with Crippen LogP contribution >= 0.6 is 0 Å². The lowest BCUT2D eigenvalue weighted by molar-refractivity contribution is 0.367. The molecule has 1 aromatic carbocycles. The van der Waals surface area contributed by atoms with Crippen LogP contribution in [0.1, 0.15) is 24.6 Å². The Morgan fingerprint density at radius 1 is 1.19 bits per heavy atom. The summed E-state index contributed by atoms with van der Waals surface area (Å²) in [4.78, 5) is 8.65. The Morgan fingerprint density at radius 2 is 1.95 bits per heavy atom. The molecule has 0 bridgehead atoms. The Hall–Kier alpha value is -2.14. The van der Waals surface area contributed by atoms with Crippen LogP contribution in [0, 0.1) is 6.92 Å². The van der Waals surface area contributed by atoms with E-state index in [1.165, 1.54) is 0 Å². The summed E-state index contributed by atoms with van der Waals surface area (Å²) in [5.74, 6) is 1.27. The second-order valence-electron chi connectivity index (χ2n) is 4.69. The van der Waals surface area contributed by atoms with Gasteiger partial charge in [-0.25, -0.2) is 4.98 Å². The molecule has 0 atom stereocenters. The quantitative estimate of drug-likeness (QED) is 0.793. The highest BCUT2D eigenvalue weighted by Crippen LogP contribution is 2.29. The number of hydrogen-bond acceptors (Lipinski definition) is 5. The number of nitrogens with zero attached hydrogens (tertiary/aromatic N) is 2. The molecule has 0 unspecified atom stereocenters. The van der Waals surface area contributed by atoms with Gasteiger partial charge in [-0.2, -0.15) is 4.98 Å². The molecule has 0 spiro atoms. The lowest BCUT2D eigenvalue weighted by Crippen LogP contribution is -2.15. The Morgan fingerprint density at radius 3 is 2.62 bits per heavy atom. The molecule has 0 saturated heterocycles. The molecular formula is C16H21N3O2. The van der Waals surface area contributed by atoms with E-state index in [-0.39, 0.29) is 0 Å². The summed E-state index contributed by atoms with van der Waals surface area (Å²) < 4.78 is 10.9. The zero-order valence-corrected chi connectivity index (χ0v) is 12.7. The maximum Gasteiger partial charge on any atom is 0.322 e. The lowest BCUT2D eigenvalue weighted by atomic mass is 10.2. The van der Waals surface area contributed by atoms with E-state index in [0.29, 0.717) is 17.5 Å². The molecule has 21 heavy (non-hydrogen) atoms. The molecule has 0 fully saturated rings. The van der Waals surface area contributed by atoms with E-state index in [1.807, 2.05) is 31.2 Å². The highest BCUT2D eigenvalue weighted by molar-refractivity contribution is 5.40. The fourth-order valence-electron chi connectivity index (χ4n) is 1.89. The van der Waals surface area contributed by atoms with Crippen molar-refractivity contribution in [2.45, 2.75) is 26.8 Å². The molecule has 0 saturated carbocycles. The Kier molecular flexibility index (Phi) is 5.51. The summed E-state index contributed by atoms with van der Waals surface area (Å²) >= 11 is 0. The monoisotopic (exact) mass is 287 g/mol. The van der Waals surface area contributed by atoms with Crippen LogP contribution in [0.2, 0.25) is 0 Å². The smallest absolute Gasteiger partial charge is 0.322 e. The molecule has 1 aromatic heterocycles. The van der Waals surface area contributed by atoms with Gasteiger partial charge in [-0.1, -0.05) is 19.1 Å². The van der Waals surface area contributed by atoms with Gasteiger partial charge in [0.05, 0.1) is 7.11 Å². The van der Waals surface area contributed by atoms with E-state index in [4.69, 9.17) is 9.47 Å². The van der Waals surface area contributed by atoms with Crippen molar-refractivity contribution >= 4 is 0 Å². The van der Waals surface area contributed by atoms with Gasteiger partial charge in [-0.3, -0.25) is 0 Å². The molecule has 112 valence electrons. The molecule has 0 aliphatic rings. The van der Waals surface area contributed by atoms with Gasteiger partial charge in [-0.15, -0.1) is 0 Å². The van der Waals surface area contributed by atoms with Crippen LogP contribution in [-0.4, -0.2) is 23.6 Å². The van der Waals surface area contributed by atoms with Crippen LogP contribution in [0.15, 0.2) is 30.5 Å². The summed E-state index contributed by atoms with van der Waals surface area (Å²) in [7, 11) is 1.61. The standard InChI is InChI=1S/C16H21N3O2/c1-4-9-17-10-13-11-18-16(19-12(13)2)21-15-8-6-5-7-14(15)20-3/h5-8,11,17H,4,9-10H2,1-3H3. The first-order valence-electron chi connectivity index (χ1n) is 7.08. The van der Waals surface area contributed by atoms with Crippen LogP contribution in [0.5, 0.6) is 17.5 Å². The summed E-state index contributed by atoms with van der Waals surface area (Å²) in [5, 5.41) is 3.34. The highest BCUT2D eigenvalue weighted by Gasteiger charge is 2.08. The number of hydrogen-bond donors (Lipinski definition) is 1. The molecule has 1 N–H and O–H groups in total. The molecule has 5 nitrogen and oxygen atoms in total. The van der Waals surface area contributed by atoms with Crippen LogP contribution < -0.4 is 14.8 Å². The third kappa shape index (κ3) is 4.16. The Labute approximate surface area is 125 Å². The first-order valence-corrected chi connectivity index (χ1v) is 7.08. The van der Waals surface area contributed by atoms with Crippen LogP contribution in [-0.2, 0) is 6.54 Å². The number of methoxy groups -OCH3 is 1. The first-order chi connectivity index (χ1) is 10.2. The molecule has 0 amide bonds. The van der Waals surface area contributed by atoms with Crippen LogP contribution in [0.25, 0.3) is 0 Å². The van der Waals surface area contributed by atoms with Crippen molar-refractivity contribution in [1.82, 2.24) is 15.3 Å². The van der Waals surface area contributed by atoms with Gasteiger partial charge in [0, 0.05) is 24.0 Å². The van der Waals surface area contributed by atoms with Gasteiger partial charge in [0.15, 0.2) is 11.5 Å². The Balaban J connectivity index is 2.09. The third-order valence-corrected chi connectivity index (χ3v) is 3.07. The molecule has 0 radical (unpaired) electrons. The van der Waals surface area contributed by atoms with Crippen molar-refractivity contribution < 1.29 is 9.47 Å². The van der Waals surface area contributed by atoms with Gasteiger partial charge in [0.1, 0.15) is 0 Å². The molecular weight excluding hydrogens is 266 g/mol. The number of para-hydroxylation sites is 2. The average Bonchev–Trinajstić information content (AvgIpc) is 2.50. The van der Waals surface area contributed by atoms with Crippen molar-refractivity contribution in [2.75, 3.05) is 13.7 Å². The fraction of sp³-hybridized carbons (Fsp3) is 0.375. The number of rotatable bonds is 7. The van der Waals surface area contributed by atoms with Gasteiger partial charge < -0.3 is 14.8 Å². The minimum Gasteiger partial charge on any atom is -0.493 e. The third-order valence-electron chi connectivity index (χ3n) is 3.07. The van der Waals surface area contributed by atoms with Crippen molar-refractivity contribution in [2.24, 2.45) is 0 Å². The number of nitrogens with one attached hydrogen (secondary N) is 1. The normalized spacial score (nSPS) is 10.4. The van der Waals surface area contributed by atoms with Gasteiger partial charge in [0.2, 0.25) is 0 Å². The van der Waals surface area contributed by atoms with Crippen molar-refractivity contribution in [1.29, 1.82) is 0 Å². The molecule has 1 heterocycles. The maximum absolute atomic E-state index is 5.69. The summed E-state index contributed by atoms with van der Waals surface area (Å²) in [6.07, 6.45) is 2.91. The minimum atomic E-state index is 0.330. The lowest BCUT2D eigenvalue weighted by Gasteiger charge is -2.10. The minimum absolute atomic E-state index is 0.330. The van der Waals surface area contributed by atoms with Crippen molar-refractivity contribution in [3.8, 4) is 17.5 Å². The molecule has 5 heteroatoms. The number of ether oxygens (including phenoxy) is 2.